The Morgan fingerprint density at radius 1 is 1.07 bits per heavy atom. The third kappa shape index (κ3) is 6.83. The molecule has 0 bridgehead atoms. The van der Waals surface area contributed by atoms with Crippen LogP contribution in [-0.2, 0) is 4.74 Å². The molecule has 4 heterocycles. The Balaban J connectivity index is 1.42. The van der Waals surface area contributed by atoms with E-state index >= 15 is 0 Å². The van der Waals surface area contributed by atoms with Crippen LogP contribution in [0, 0.1) is 10.1 Å². The summed E-state index contributed by atoms with van der Waals surface area (Å²) in [5, 5.41) is 15.2. The number of hydrogen-bond acceptors (Lipinski definition) is 10. The summed E-state index contributed by atoms with van der Waals surface area (Å²) in [6.45, 7) is 5.68. The highest BCUT2D eigenvalue weighted by Crippen LogP contribution is 2.35. The first-order chi connectivity index (χ1) is 19.5. The van der Waals surface area contributed by atoms with Crippen molar-refractivity contribution in [1.29, 1.82) is 0 Å². The zero-order valence-electron chi connectivity index (χ0n) is 21.5. The molecule has 4 aromatic rings. The molecule has 40 heavy (non-hydrogen) atoms. The van der Waals surface area contributed by atoms with Crippen LogP contribution in [0.3, 0.4) is 0 Å². The summed E-state index contributed by atoms with van der Waals surface area (Å²) in [6.07, 6.45) is 6.39. The standard InChI is InChI=1S/C26H27Cl2N9O3/c27-18-1-3-20(22(28)15-18)24-21(25-30-5-6-31-25)17-33-26(34-24)36(10-9-35-11-13-40-14-12-35)8-7-29-23-4-2-19(16-32-23)37(38)39/h1-6,15-17H,7-14H2,(H,29,32)(H,30,31). The lowest BCUT2D eigenvalue weighted by Crippen LogP contribution is -2.43. The van der Waals surface area contributed by atoms with Gasteiger partial charge in [0.15, 0.2) is 0 Å². The van der Waals surface area contributed by atoms with Crippen LogP contribution in [0.5, 0.6) is 0 Å². The number of aromatic amines is 1. The van der Waals surface area contributed by atoms with Gasteiger partial charge in [0.25, 0.3) is 5.69 Å². The van der Waals surface area contributed by atoms with Crippen molar-refractivity contribution in [2.45, 2.75) is 0 Å². The van der Waals surface area contributed by atoms with Crippen LogP contribution >= 0.6 is 23.2 Å². The van der Waals surface area contributed by atoms with Gasteiger partial charge < -0.3 is 19.9 Å². The first kappa shape index (κ1) is 27.7. The number of anilines is 2. The molecule has 1 aliphatic heterocycles. The number of morpholine rings is 1. The number of imidazole rings is 1. The van der Waals surface area contributed by atoms with E-state index in [-0.39, 0.29) is 5.69 Å². The van der Waals surface area contributed by atoms with Crippen LogP contribution in [0.1, 0.15) is 0 Å². The molecule has 0 aliphatic carbocycles. The molecule has 1 fully saturated rings. The van der Waals surface area contributed by atoms with E-state index in [1.165, 1.54) is 12.3 Å². The van der Waals surface area contributed by atoms with Gasteiger partial charge >= 0.3 is 0 Å². The molecule has 0 atom stereocenters. The summed E-state index contributed by atoms with van der Waals surface area (Å²) in [4.78, 5) is 36.2. The molecule has 0 spiro atoms. The molecule has 0 amide bonds. The van der Waals surface area contributed by atoms with Gasteiger partial charge in [0.2, 0.25) is 5.95 Å². The normalized spacial score (nSPS) is 13.8. The fraction of sp³-hybridized carbons (Fsp3) is 0.308. The van der Waals surface area contributed by atoms with Gasteiger partial charge in [-0.25, -0.2) is 19.9 Å². The van der Waals surface area contributed by atoms with Gasteiger partial charge in [-0.05, 0) is 24.3 Å². The third-order valence-electron chi connectivity index (χ3n) is 6.43. The number of benzene rings is 1. The van der Waals surface area contributed by atoms with Gasteiger partial charge in [0.05, 0.1) is 34.4 Å². The molecule has 5 rings (SSSR count). The fourth-order valence-corrected chi connectivity index (χ4v) is 4.81. The number of rotatable bonds is 11. The van der Waals surface area contributed by atoms with Gasteiger partial charge in [0, 0.05) is 74.5 Å². The highest BCUT2D eigenvalue weighted by Gasteiger charge is 2.20. The molecule has 2 N–H and O–H groups in total. The Morgan fingerprint density at radius 2 is 1.93 bits per heavy atom. The van der Waals surface area contributed by atoms with Crippen molar-refractivity contribution in [1.82, 2.24) is 29.8 Å². The molecule has 0 unspecified atom stereocenters. The maximum atomic E-state index is 10.9. The zero-order valence-corrected chi connectivity index (χ0v) is 23.0. The largest absolute Gasteiger partial charge is 0.379 e. The molecule has 208 valence electrons. The van der Waals surface area contributed by atoms with Gasteiger partial charge in [-0.15, -0.1) is 0 Å². The molecule has 1 aliphatic rings. The summed E-state index contributed by atoms with van der Waals surface area (Å²) in [5.41, 5.74) is 1.99. The van der Waals surface area contributed by atoms with Gasteiger partial charge in [0.1, 0.15) is 17.8 Å². The smallest absolute Gasteiger partial charge is 0.287 e. The lowest BCUT2D eigenvalue weighted by atomic mass is 10.1. The summed E-state index contributed by atoms with van der Waals surface area (Å²) >= 11 is 12.8. The molecule has 0 radical (unpaired) electrons. The highest BCUT2D eigenvalue weighted by atomic mass is 35.5. The lowest BCUT2D eigenvalue weighted by molar-refractivity contribution is -0.385. The van der Waals surface area contributed by atoms with Crippen LogP contribution < -0.4 is 10.2 Å². The second-order valence-electron chi connectivity index (χ2n) is 9.02. The zero-order chi connectivity index (χ0) is 27.9. The average Bonchev–Trinajstić information content (AvgIpc) is 3.50. The van der Waals surface area contributed by atoms with E-state index in [0.29, 0.717) is 77.3 Å². The van der Waals surface area contributed by atoms with Crippen LogP contribution in [0.4, 0.5) is 17.5 Å². The summed E-state index contributed by atoms with van der Waals surface area (Å²) in [5.74, 6) is 1.70. The van der Waals surface area contributed by atoms with Crippen molar-refractivity contribution in [2.75, 3.05) is 62.7 Å². The Bertz CT molecular complexity index is 1430. The number of nitrogens with one attached hydrogen (secondary N) is 2. The average molecular weight is 584 g/mol. The van der Waals surface area contributed by atoms with Crippen molar-refractivity contribution < 1.29 is 9.66 Å². The second kappa shape index (κ2) is 13.0. The second-order valence-corrected chi connectivity index (χ2v) is 9.86. The van der Waals surface area contributed by atoms with E-state index < -0.39 is 4.92 Å². The molecule has 1 saturated heterocycles. The summed E-state index contributed by atoms with van der Waals surface area (Å²) in [6, 6.07) is 8.30. The quantitative estimate of drug-likeness (QED) is 0.193. The minimum absolute atomic E-state index is 0.0591. The topological polar surface area (TPSA) is 138 Å². The van der Waals surface area contributed by atoms with Crippen molar-refractivity contribution in [2.24, 2.45) is 0 Å². The highest BCUT2D eigenvalue weighted by molar-refractivity contribution is 6.36. The van der Waals surface area contributed by atoms with E-state index in [4.69, 9.17) is 37.9 Å². The van der Waals surface area contributed by atoms with Crippen molar-refractivity contribution in [3.8, 4) is 22.6 Å². The lowest BCUT2D eigenvalue weighted by Gasteiger charge is -2.30. The first-order valence-corrected chi connectivity index (χ1v) is 13.4. The van der Waals surface area contributed by atoms with Crippen molar-refractivity contribution in [3.63, 3.8) is 0 Å². The monoisotopic (exact) mass is 583 g/mol. The van der Waals surface area contributed by atoms with Crippen molar-refractivity contribution in [3.05, 3.63) is 75.3 Å². The molecule has 1 aromatic carbocycles. The molecule has 0 saturated carbocycles. The SMILES string of the molecule is O=[N+]([O-])c1ccc(NCCN(CCN2CCOCC2)c2ncc(-c3ncc[nH]3)c(-c3ccc(Cl)cc3Cl)n2)nc1. The van der Waals surface area contributed by atoms with E-state index in [2.05, 4.69) is 30.1 Å². The van der Waals surface area contributed by atoms with Gasteiger partial charge in [-0.2, -0.15) is 0 Å². The summed E-state index contributed by atoms with van der Waals surface area (Å²) < 4.78 is 5.49. The van der Waals surface area contributed by atoms with Gasteiger partial charge in [-0.3, -0.25) is 15.0 Å². The Labute approximate surface area is 240 Å². The van der Waals surface area contributed by atoms with E-state index in [9.17, 15) is 10.1 Å². The first-order valence-electron chi connectivity index (χ1n) is 12.7. The minimum atomic E-state index is -0.474. The van der Waals surface area contributed by atoms with Crippen LogP contribution in [0.15, 0.2) is 55.1 Å². The van der Waals surface area contributed by atoms with E-state index in [0.717, 1.165) is 19.6 Å². The third-order valence-corrected chi connectivity index (χ3v) is 6.98. The Hall–Kier alpha value is -3.84. The number of H-pyrrole nitrogens is 1. The van der Waals surface area contributed by atoms with E-state index in [1.54, 1.807) is 36.8 Å². The number of ether oxygens (including phenoxy) is 1. The Morgan fingerprint density at radius 3 is 2.62 bits per heavy atom. The number of hydrogen-bond donors (Lipinski definition) is 2. The number of pyridine rings is 1. The Kier molecular flexibility index (Phi) is 9.01. The molecular weight excluding hydrogens is 557 g/mol. The predicted octanol–water partition coefficient (Wildman–Crippen LogP) is 4.39. The van der Waals surface area contributed by atoms with Crippen LogP contribution in [0.2, 0.25) is 10.0 Å². The van der Waals surface area contributed by atoms with Crippen molar-refractivity contribution >= 4 is 40.7 Å². The number of nitro groups is 1. The number of halogens is 2. The fourth-order valence-electron chi connectivity index (χ4n) is 4.31. The predicted molar refractivity (Wildman–Crippen MR) is 154 cm³/mol. The maximum Gasteiger partial charge on any atom is 0.287 e. The van der Waals surface area contributed by atoms with Gasteiger partial charge in [-0.1, -0.05) is 23.2 Å². The molecular formula is C26H27Cl2N9O3. The maximum absolute atomic E-state index is 10.9. The van der Waals surface area contributed by atoms with Crippen LogP contribution in [-0.4, -0.2) is 87.2 Å². The van der Waals surface area contributed by atoms with E-state index in [1.807, 2.05) is 6.07 Å². The van der Waals surface area contributed by atoms with Crippen LogP contribution in [0.25, 0.3) is 22.6 Å². The molecule has 14 heteroatoms. The minimum Gasteiger partial charge on any atom is -0.379 e. The number of aromatic nitrogens is 5. The summed E-state index contributed by atoms with van der Waals surface area (Å²) in [7, 11) is 0. The molecule has 12 nitrogen and oxygen atoms in total. The number of nitrogens with zero attached hydrogens (tertiary/aromatic N) is 7. The molecule has 3 aromatic heterocycles.